The van der Waals surface area contributed by atoms with Gasteiger partial charge < -0.3 is 15.1 Å². The van der Waals surface area contributed by atoms with Gasteiger partial charge in [0, 0.05) is 17.6 Å². The number of hydrogen-bond donors (Lipinski definition) is 2. The molecule has 1 fully saturated rings. The van der Waals surface area contributed by atoms with E-state index in [1.54, 1.807) is 12.1 Å². The number of fused-ring (bicyclic) bond motifs is 2. The van der Waals surface area contributed by atoms with Gasteiger partial charge in [-0.2, -0.15) is 0 Å². The normalized spacial score (nSPS) is 20.8. The van der Waals surface area contributed by atoms with E-state index in [0.29, 0.717) is 0 Å². The fourth-order valence-electron chi connectivity index (χ4n) is 4.95. The first kappa shape index (κ1) is 17.5. The number of benzene rings is 2. The topological polar surface area (TPSA) is 43.7 Å². The lowest BCUT2D eigenvalue weighted by Gasteiger charge is -2.38. The Kier molecular flexibility index (Phi) is 4.72. The van der Waals surface area contributed by atoms with Gasteiger partial charge in [0.1, 0.15) is 11.9 Å². The Balaban J connectivity index is 1.81. The monoisotopic (exact) mass is 355 g/mol. The summed E-state index contributed by atoms with van der Waals surface area (Å²) in [6, 6.07) is 14.4. The Morgan fingerprint density at radius 1 is 1.04 bits per heavy atom. The molecular weight excluding hydrogens is 329 g/mol. The zero-order chi connectivity index (χ0) is 18.1. The van der Waals surface area contributed by atoms with Crippen molar-refractivity contribution in [3.63, 3.8) is 0 Å². The minimum atomic E-state index is -0.924. The molecule has 1 saturated carbocycles. The molecule has 0 aromatic heterocycles. The highest BCUT2D eigenvalue weighted by atomic mass is 19.1. The van der Waals surface area contributed by atoms with E-state index in [2.05, 4.69) is 4.90 Å². The number of aliphatic hydroxyl groups excluding tert-OH is 2. The maximum atomic E-state index is 14.1. The van der Waals surface area contributed by atoms with Crippen molar-refractivity contribution in [3.8, 4) is 0 Å². The van der Waals surface area contributed by atoms with Gasteiger partial charge in [-0.1, -0.05) is 55.7 Å². The van der Waals surface area contributed by atoms with E-state index in [9.17, 15) is 14.6 Å². The zero-order valence-corrected chi connectivity index (χ0v) is 14.9. The second-order valence-electron chi connectivity index (χ2n) is 7.74. The van der Waals surface area contributed by atoms with E-state index < -0.39 is 6.10 Å². The van der Waals surface area contributed by atoms with Crippen LogP contribution < -0.4 is 4.90 Å². The lowest BCUT2D eigenvalue weighted by molar-refractivity contribution is 0.0703. The standard InChI is InChI=1S/C22H26FNO2/c23-17-9-10-18-19(13-17)24(15-22(18)11-5-2-6-12-22)21(20(26)14-25)16-7-3-1-4-8-16/h1,3-4,7-10,13,20-21,25-26H,2,5-6,11-12,14-15H2/t20-,21+/m1/s1. The van der Waals surface area contributed by atoms with Gasteiger partial charge in [-0.05, 0) is 36.1 Å². The fraction of sp³-hybridized carbons (Fsp3) is 0.455. The zero-order valence-electron chi connectivity index (χ0n) is 14.9. The van der Waals surface area contributed by atoms with Crippen LogP contribution in [0.4, 0.5) is 10.1 Å². The number of aliphatic hydroxyl groups is 2. The van der Waals surface area contributed by atoms with Gasteiger partial charge in [0.25, 0.3) is 0 Å². The highest BCUT2D eigenvalue weighted by Crippen LogP contribution is 2.52. The third-order valence-electron chi connectivity index (χ3n) is 6.15. The molecule has 2 aliphatic rings. The van der Waals surface area contributed by atoms with Crippen LogP contribution in [0.15, 0.2) is 48.5 Å². The van der Waals surface area contributed by atoms with Crippen LogP contribution in [0.1, 0.15) is 49.3 Å². The van der Waals surface area contributed by atoms with Crippen molar-refractivity contribution in [1.82, 2.24) is 0 Å². The molecule has 4 rings (SSSR count). The molecule has 1 aliphatic heterocycles. The number of anilines is 1. The average Bonchev–Trinajstić information content (AvgIpc) is 2.96. The molecule has 0 amide bonds. The molecule has 3 nitrogen and oxygen atoms in total. The van der Waals surface area contributed by atoms with E-state index in [0.717, 1.165) is 30.6 Å². The Morgan fingerprint density at radius 3 is 2.46 bits per heavy atom. The smallest absolute Gasteiger partial charge is 0.125 e. The number of hydrogen-bond acceptors (Lipinski definition) is 3. The van der Waals surface area contributed by atoms with Crippen LogP contribution in [-0.2, 0) is 5.41 Å². The van der Waals surface area contributed by atoms with Gasteiger partial charge in [-0.25, -0.2) is 4.39 Å². The van der Waals surface area contributed by atoms with Crippen LogP contribution >= 0.6 is 0 Å². The van der Waals surface area contributed by atoms with Crippen LogP contribution in [0.5, 0.6) is 0 Å². The molecule has 4 heteroatoms. The maximum Gasteiger partial charge on any atom is 0.125 e. The first-order valence-electron chi connectivity index (χ1n) is 9.55. The molecule has 26 heavy (non-hydrogen) atoms. The molecule has 2 N–H and O–H groups in total. The third-order valence-corrected chi connectivity index (χ3v) is 6.15. The van der Waals surface area contributed by atoms with Gasteiger partial charge in [0.15, 0.2) is 0 Å². The van der Waals surface area contributed by atoms with Crippen LogP contribution in [0.25, 0.3) is 0 Å². The molecule has 2 aromatic rings. The second-order valence-corrected chi connectivity index (χ2v) is 7.74. The van der Waals surface area contributed by atoms with Crippen molar-refractivity contribution >= 4 is 5.69 Å². The van der Waals surface area contributed by atoms with Crippen molar-refractivity contribution in [2.45, 2.75) is 49.7 Å². The molecule has 0 saturated heterocycles. The van der Waals surface area contributed by atoms with Crippen molar-refractivity contribution < 1.29 is 14.6 Å². The second kappa shape index (κ2) is 7.01. The molecule has 1 aliphatic carbocycles. The van der Waals surface area contributed by atoms with Crippen LogP contribution in [0.3, 0.4) is 0 Å². The van der Waals surface area contributed by atoms with E-state index in [1.165, 1.54) is 24.8 Å². The summed E-state index contributed by atoms with van der Waals surface area (Å²) in [5.41, 5.74) is 3.04. The van der Waals surface area contributed by atoms with E-state index in [4.69, 9.17) is 0 Å². The average molecular weight is 355 g/mol. The summed E-state index contributed by atoms with van der Waals surface area (Å²) >= 11 is 0. The van der Waals surface area contributed by atoms with Gasteiger partial charge in [-0.15, -0.1) is 0 Å². The van der Waals surface area contributed by atoms with Crippen molar-refractivity contribution in [3.05, 3.63) is 65.5 Å². The van der Waals surface area contributed by atoms with Gasteiger partial charge >= 0.3 is 0 Å². The summed E-state index contributed by atoms with van der Waals surface area (Å²) in [7, 11) is 0. The van der Waals surface area contributed by atoms with Crippen LogP contribution in [0, 0.1) is 5.82 Å². The molecule has 0 unspecified atom stereocenters. The van der Waals surface area contributed by atoms with Crippen molar-refractivity contribution in [1.29, 1.82) is 0 Å². The van der Waals surface area contributed by atoms with Crippen LogP contribution in [0.2, 0.25) is 0 Å². The first-order chi connectivity index (χ1) is 12.6. The summed E-state index contributed by atoms with van der Waals surface area (Å²) in [4.78, 5) is 2.12. The highest BCUT2D eigenvalue weighted by molar-refractivity contribution is 5.64. The molecule has 1 spiro atoms. The van der Waals surface area contributed by atoms with Crippen LogP contribution in [-0.4, -0.2) is 29.5 Å². The minimum absolute atomic E-state index is 0.0312. The lowest BCUT2D eigenvalue weighted by Crippen LogP contribution is -2.42. The lowest BCUT2D eigenvalue weighted by atomic mass is 9.71. The van der Waals surface area contributed by atoms with Crippen molar-refractivity contribution in [2.75, 3.05) is 18.1 Å². The molecule has 1 heterocycles. The highest BCUT2D eigenvalue weighted by Gasteiger charge is 2.46. The molecule has 0 radical (unpaired) electrons. The molecule has 0 bridgehead atoms. The van der Waals surface area contributed by atoms with E-state index in [1.807, 2.05) is 36.4 Å². The molecule has 138 valence electrons. The predicted octanol–water partition coefficient (Wildman–Crippen LogP) is 3.94. The molecule has 2 aromatic carbocycles. The van der Waals surface area contributed by atoms with E-state index >= 15 is 0 Å². The minimum Gasteiger partial charge on any atom is -0.394 e. The van der Waals surface area contributed by atoms with Crippen molar-refractivity contribution in [2.24, 2.45) is 0 Å². The van der Waals surface area contributed by atoms with E-state index in [-0.39, 0.29) is 23.9 Å². The first-order valence-corrected chi connectivity index (χ1v) is 9.55. The Morgan fingerprint density at radius 2 is 1.77 bits per heavy atom. The summed E-state index contributed by atoms with van der Waals surface area (Å²) < 4.78 is 14.1. The Bertz CT molecular complexity index is 758. The maximum absolute atomic E-state index is 14.1. The Hall–Kier alpha value is -1.91. The third kappa shape index (κ3) is 2.91. The summed E-state index contributed by atoms with van der Waals surface area (Å²) in [6.45, 7) is 0.441. The quantitative estimate of drug-likeness (QED) is 0.873. The largest absolute Gasteiger partial charge is 0.394 e. The number of halogens is 1. The van der Waals surface area contributed by atoms with Gasteiger partial charge in [0.2, 0.25) is 0 Å². The number of nitrogens with zero attached hydrogens (tertiary/aromatic N) is 1. The SMILES string of the molecule is OC[C@@H](O)[C@H](c1ccccc1)N1CC2(CCCCC2)c2ccc(F)cc21. The Labute approximate surface area is 154 Å². The summed E-state index contributed by atoms with van der Waals surface area (Å²) in [5, 5.41) is 20.3. The summed E-state index contributed by atoms with van der Waals surface area (Å²) in [5.74, 6) is -0.257. The fourth-order valence-corrected chi connectivity index (χ4v) is 4.95. The molecular formula is C22H26FNO2. The predicted molar refractivity (Wildman–Crippen MR) is 101 cm³/mol. The van der Waals surface area contributed by atoms with Gasteiger partial charge in [-0.3, -0.25) is 0 Å². The number of rotatable bonds is 4. The molecule has 2 atom stereocenters. The van der Waals surface area contributed by atoms with Gasteiger partial charge in [0.05, 0.1) is 12.6 Å². The summed E-state index contributed by atoms with van der Waals surface area (Å²) in [6.07, 6.45) is 4.89.